The molecule has 0 aliphatic heterocycles. The third-order valence-corrected chi connectivity index (χ3v) is 10.3. The van der Waals surface area contributed by atoms with Crippen molar-refractivity contribution >= 4 is 17.9 Å². The molecule has 394 valence electrons. The molecule has 0 N–H and O–H groups in total. The van der Waals surface area contributed by atoms with E-state index in [1.165, 1.54) is 6.42 Å². The molecule has 6 heteroatoms. The number of carbonyl (C=O) groups is 3. The summed E-state index contributed by atoms with van der Waals surface area (Å²) in [5, 5.41) is 0. The lowest BCUT2D eigenvalue weighted by atomic mass is 10.1. The molecule has 0 aliphatic carbocycles. The van der Waals surface area contributed by atoms with Gasteiger partial charge in [-0.1, -0.05) is 259 Å². The van der Waals surface area contributed by atoms with Gasteiger partial charge in [0.2, 0.25) is 0 Å². The highest BCUT2D eigenvalue weighted by molar-refractivity contribution is 5.71. The van der Waals surface area contributed by atoms with Gasteiger partial charge >= 0.3 is 17.9 Å². The molecule has 0 saturated heterocycles. The first-order valence-corrected chi connectivity index (χ1v) is 27.3. The standard InChI is InChI=1S/C66H94O6/c1-4-7-10-13-16-19-22-25-28-31-33-36-38-41-44-47-50-53-56-59-65(68)71-62-63(61-70-64(67)58-55-52-49-46-43-40-37-34-30-27-24-21-18-15-12-9-6-3)72-66(69)60-57-54-51-48-45-42-39-35-32-29-26-23-20-17-14-11-8-5-2/h7,9-14,16-23,25-33,35-41,44,46,49,63H,4-6,8,15,24,34,42-43,45,47-48,50-62H2,1-3H3/b10-7-,12-9-,14-11-,16-13-,20-17-,21-18-,22-19-,26-23-,28-25-,30-27-,32-29-,33-31+,38-36-,39-35-,40-37-,44-41-,49-46-. The summed E-state index contributed by atoms with van der Waals surface area (Å²) in [7, 11) is 0. The molecule has 0 saturated carbocycles. The van der Waals surface area contributed by atoms with E-state index in [0.29, 0.717) is 19.3 Å². The van der Waals surface area contributed by atoms with Crippen molar-refractivity contribution in [2.45, 2.75) is 175 Å². The Kier molecular flexibility index (Phi) is 52.8. The molecule has 0 aromatic rings. The van der Waals surface area contributed by atoms with Gasteiger partial charge in [-0.25, -0.2) is 0 Å². The van der Waals surface area contributed by atoms with E-state index in [4.69, 9.17) is 14.2 Å². The number of hydrogen-bond donors (Lipinski definition) is 0. The lowest BCUT2D eigenvalue weighted by Gasteiger charge is -2.18. The summed E-state index contributed by atoms with van der Waals surface area (Å²) in [5.74, 6) is -1.09. The number of ether oxygens (including phenoxy) is 3. The second-order valence-corrected chi connectivity index (χ2v) is 17.0. The minimum Gasteiger partial charge on any atom is -0.462 e. The van der Waals surface area contributed by atoms with Gasteiger partial charge < -0.3 is 14.2 Å². The summed E-state index contributed by atoms with van der Waals surface area (Å²) in [5.41, 5.74) is 0. The molecule has 0 bridgehead atoms. The molecule has 0 amide bonds. The Bertz CT molecular complexity index is 1840. The third kappa shape index (κ3) is 54.9. The highest BCUT2D eigenvalue weighted by Crippen LogP contribution is 2.11. The molecule has 0 fully saturated rings. The zero-order chi connectivity index (χ0) is 52.2. The number of rotatable bonds is 45. The predicted octanol–water partition coefficient (Wildman–Crippen LogP) is 18.5. The van der Waals surface area contributed by atoms with Gasteiger partial charge in [0.1, 0.15) is 13.2 Å². The Balaban J connectivity index is 4.70. The fourth-order valence-corrected chi connectivity index (χ4v) is 6.31. The van der Waals surface area contributed by atoms with Gasteiger partial charge in [-0.05, 0) is 96.3 Å². The number of hydrogen-bond acceptors (Lipinski definition) is 6. The van der Waals surface area contributed by atoms with Crippen LogP contribution in [0.25, 0.3) is 0 Å². The Morgan fingerprint density at radius 3 is 1.07 bits per heavy atom. The molecule has 0 aromatic carbocycles. The van der Waals surface area contributed by atoms with Crippen molar-refractivity contribution in [1.82, 2.24) is 0 Å². The molecular formula is C66H94O6. The molecule has 0 aliphatic rings. The average Bonchev–Trinajstić information content (AvgIpc) is 3.38. The van der Waals surface area contributed by atoms with E-state index in [-0.39, 0.29) is 50.4 Å². The first kappa shape index (κ1) is 66.0. The van der Waals surface area contributed by atoms with E-state index >= 15 is 0 Å². The van der Waals surface area contributed by atoms with Crippen LogP contribution in [0.3, 0.4) is 0 Å². The fourth-order valence-electron chi connectivity index (χ4n) is 6.31. The summed E-state index contributed by atoms with van der Waals surface area (Å²) in [6, 6.07) is 0. The minimum absolute atomic E-state index is 0.144. The lowest BCUT2D eigenvalue weighted by Crippen LogP contribution is -2.30. The van der Waals surface area contributed by atoms with Crippen LogP contribution in [0.2, 0.25) is 0 Å². The predicted molar refractivity (Wildman–Crippen MR) is 310 cm³/mol. The molecule has 0 radical (unpaired) electrons. The molecule has 6 nitrogen and oxygen atoms in total. The fraction of sp³-hybridized carbons (Fsp3) is 0.439. The van der Waals surface area contributed by atoms with Crippen LogP contribution in [-0.4, -0.2) is 37.2 Å². The van der Waals surface area contributed by atoms with Crippen molar-refractivity contribution in [2.24, 2.45) is 0 Å². The smallest absolute Gasteiger partial charge is 0.306 e. The van der Waals surface area contributed by atoms with Crippen LogP contribution < -0.4 is 0 Å². The van der Waals surface area contributed by atoms with Gasteiger partial charge in [-0.15, -0.1) is 0 Å². The molecule has 0 aromatic heterocycles. The van der Waals surface area contributed by atoms with Crippen molar-refractivity contribution in [2.75, 3.05) is 13.2 Å². The first-order valence-electron chi connectivity index (χ1n) is 27.3. The lowest BCUT2D eigenvalue weighted by molar-refractivity contribution is -0.167. The third-order valence-electron chi connectivity index (χ3n) is 10.3. The highest BCUT2D eigenvalue weighted by atomic mass is 16.6. The molecule has 0 rings (SSSR count). The van der Waals surface area contributed by atoms with Crippen molar-refractivity contribution in [3.8, 4) is 0 Å². The van der Waals surface area contributed by atoms with Crippen LogP contribution >= 0.6 is 0 Å². The highest BCUT2D eigenvalue weighted by Gasteiger charge is 2.19. The van der Waals surface area contributed by atoms with Crippen molar-refractivity contribution in [3.05, 3.63) is 207 Å². The summed E-state index contributed by atoms with van der Waals surface area (Å²) in [6.45, 7) is 6.14. The van der Waals surface area contributed by atoms with E-state index < -0.39 is 6.10 Å². The second-order valence-electron chi connectivity index (χ2n) is 17.0. The van der Waals surface area contributed by atoms with E-state index in [2.05, 4.69) is 118 Å². The first-order chi connectivity index (χ1) is 35.5. The van der Waals surface area contributed by atoms with Crippen LogP contribution in [0.5, 0.6) is 0 Å². The SMILES string of the molecule is CC\C=C/C=C\C=C/C=C\C=C\C=C/C=C\CCCCCC(=O)OCC(COC(=O)CCC/C=C\C/C=C\C/C=C\C/C=C\C/C=C\CC)OC(=O)CCCCCCC\C=C/C=C\C=C/C=C\C=C/CCC. The number of unbranched alkanes of at least 4 members (excludes halogenated alkanes) is 10. The molecule has 0 heterocycles. The van der Waals surface area contributed by atoms with E-state index in [1.54, 1.807) is 0 Å². The van der Waals surface area contributed by atoms with Crippen molar-refractivity contribution in [3.63, 3.8) is 0 Å². The quantitative estimate of drug-likeness (QED) is 0.0199. The van der Waals surface area contributed by atoms with Crippen LogP contribution in [0.4, 0.5) is 0 Å². The summed E-state index contributed by atoms with van der Waals surface area (Å²) < 4.78 is 16.7. The van der Waals surface area contributed by atoms with Gasteiger partial charge in [0.15, 0.2) is 6.10 Å². The molecule has 0 spiro atoms. The summed E-state index contributed by atoms with van der Waals surface area (Å²) in [4.78, 5) is 38.1. The summed E-state index contributed by atoms with van der Waals surface area (Å²) >= 11 is 0. The van der Waals surface area contributed by atoms with Crippen LogP contribution in [-0.2, 0) is 28.6 Å². The Labute approximate surface area is 439 Å². The van der Waals surface area contributed by atoms with E-state index in [0.717, 1.165) is 103 Å². The molecule has 1 atom stereocenters. The van der Waals surface area contributed by atoms with Gasteiger partial charge in [-0.3, -0.25) is 14.4 Å². The van der Waals surface area contributed by atoms with E-state index in [9.17, 15) is 14.4 Å². The minimum atomic E-state index is -0.849. The van der Waals surface area contributed by atoms with Gasteiger partial charge in [0, 0.05) is 19.3 Å². The Morgan fingerprint density at radius 1 is 0.306 bits per heavy atom. The number of carbonyl (C=O) groups excluding carboxylic acids is 3. The van der Waals surface area contributed by atoms with Gasteiger partial charge in [-0.2, -0.15) is 0 Å². The number of esters is 3. The topological polar surface area (TPSA) is 78.9 Å². The zero-order valence-corrected chi connectivity index (χ0v) is 44.8. The maximum Gasteiger partial charge on any atom is 0.306 e. The van der Waals surface area contributed by atoms with Crippen molar-refractivity contribution < 1.29 is 28.6 Å². The van der Waals surface area contributed by atoms with Gasteiger partial charge in [0.25, 0.3) is 0 Å². The molecule has 72 heavy (non-hydrogen) atoms. The van der Waals surface area contributed by atoms with Crippen molar-refractivity contribution in [1.29, 1.82) is 0 Å². The maximum absolute atomic E-state index is 12.8. The van der Waals surface area contributed by atoms with Crippen LogP contribution in [0.15, 0.2) is 207 Å². The largest absolute Gasteiger partial charge is 0.462 e. The Morgan fingerprint density at radius 2 is 0.625 bits per heavy atom. The van der Waals surface area contributed by atoms with Crippen LogP contribution in [0, 0.1) is 0 Å². The Hall–Kier alpha value is -6.01. The van der Waals surface area contributed by atoms with Gasteiger partial charge in [0.05, 0.1) is 0 Å². The summed E-state index contributed by atoms with van der Waals surface area (Å²) in [6.07, 6.45) is 89.4. The monoisotopic (exact) mass is 983 g/mol. The van der Waals surface area contributed by atoms with E-state index in [1.807, 2.05) is 109 Å². The molecular weight excluding hydrogens is 889 g/mol. The zero-order valence-electron chi connectivity index (χ0n) is 44.8. The average molecular weight is 983 g/mol. The maximum atomic E-state index is 12.8. The normalized spacial score (nSPS) is 13.8. The number of allylic oxidation sites excluding steroid dienone is 34. The molecule has 1 unspecified atom stereocenters. The second kappa shape index (κ2) is 57.6. The van der Waals surface area contributed by atoms with Crippen LogP contribution in [0.1, 0.15) is 168 Å².